The molecular formula is C4H13I2IrN2O7VY-. The second kappa shape index (κ2) is 42.7. The number of hydrogen-bond donors (Lipinski definition) is 1. The molecule has 0 spiro atoms. The predicted octanol–water partition coefficient (Wildman–Crippen LogP) is 2.30. The number of methoxy groups -OCH3 is 1. The van der Waals surface area contributed by atoms with Crippen LogP contribution in [0.4, 0.5) is 0 Å². The third kappa shape index (κ3) is 141. The number of rotatable bonds is 3. The SMILES string of the molecule is C.COCO[N+](=O)[O-].O=[N+]([O-])O.[CH3-].[I][V][I].[Ir].[Y]. The van der Waals surface area contributed by atoms with Crippen LogP contribution >= 0.6 is 40.0 Å². The maximum atomic E-state index is 9.26. The number of hydrogen-bond acceptors (Lipinski definition) is 6. The smallest absolute Gasteiger partial charge is 0 e. The van der Waals surface area contributed by atoms with Gasteiger partial charge in [0, 0.05) is 59.9 Å². The molecule has 0 unspecified atom stereocenters. The molecule has 2 radical (unpaired) electrons. The fourth-order valence-corrected chi connectivity index (χ4v) is 0.0957. The van der Waals surface area contributed by atoms with E-state index in [1.54, 1.807) is 0 Å². The van der Waals surface area contributed by atoms with E-state index in [9.17, 15) is 10.1 Å². The summed E-state index contributed by atoms with van der Waals surface area (Å²) in [6, 6.07) is 0. The van der Waals surface area contributed by atoms with E-state index in [2.05, 4.69) is 49.5 Å². The molecule has 0 aliphatic carbocycles. The Morgan fingerprint density at radius 2 is 1.56 bits per heavy atom. The van der Waals surface area contributed by atoms with Gasteiger partial charge in [0.1, 0.15) is 0 Å². The maximum Gasteiger partial charge on any atom is 0 e. The molecule has 9 nitrogen and oxygen atoms in total. The van der Waals surface area contributed by atoms with Gasteiger partial charge in [-0.15, -0.1) is 20.2 Å². The van der Waals surface area contributed by atoms with E-state index in [0.717, 1.165) is 0 Å². The third-order valence-corrected chi connectivity index (χ3v) is 0.276. The van der Waals surface area contributed by atoms with Crippen LogP contribution in [0.25, 0.3) is 0 Å². The fourth-order valence-electron chi connectivity index (χ4n) is 0.0957. The normalized spacial score (nSPS) is 5.28. The van der Waals surface area contributed by atoms with E-state index in [1.807, 2.05) is 0 Å². The second-order valence-electron chi connectivity index (χ2n) is 1.06. The molecule has 0 heterocycles. The summed E-state index contributed by atoms with van der Waals surface area (Å²) < 4.78 is 4.19. The van der Waals surface area contributed by atoms with Crippen molar-refractivity contribution in [3.63, 3.8) is 0 Å². The first-order valence-corrected chi connectivity index (χ1v) is 11.4. The number of halogens is 2. The minimum absolute atomic E-state index is 0. The van der Waals surface area contributed by atoms with Gasteiger partial charge in [-0.25, -0.2) is 0 Å². The molecule has 0 fully saturated rings. The minimum atomic E-state index is -1.50. The molecule has 0 aromatic heterocycles. The van der Waals surface area contributed by atoms with Crippen LogP contribution in [0.15, 0.2) is 0 Å². The molecular weight excluding hydrogens is 774 g/mol. The Hall–Kier alpha value is 2.16. The Labute approximate surface area is 173 Å². The van der Waals surface area contributed by atoms with Gasteiger partial charge in [-0.2, -0.15) is 0 Å². The Balaban J connectivity index is -0.0000000196. The quantitative estimate of drug-likeness (QED) is 0.153. The van der Waals surface area contributed by atoms with Crippen molar-refractivity contribution in [3.8, 4) is 0 Å². The van der Waals surface area contributed by atoms with Gasteiger partial charge in [-0.05, 0) is 0 Å². The van der Waals surface area contributed by atoms with Gasteiger partial charge < -0.3 is 17.4 Å². The Kier molecular flexibility index (Phi) is 101. The van der Waals surface area contributed by atoms with E-state index in [1.165, 1.54) is 7.11 Å². The van der Waals surface area contributed by atoms with Gasteiger partial charge in [0.05, 0.1) is 0 Å². The van der Waals surface area contributed by atoms with Crippen molar-refractivity contribution in [2.45, 2.75) is 7.43 Å². The molecule has 14 heteroatoms. The van der Waals surface area contributed by atoms with Crippen LogP contribution < -0.4 is 0 Å². The third-order valence-electron chi connectivity index (χ3n) is 0.276. The molecule has 18 heavy (non-hydrogen) atoms. The molecule has 0 aromatic carbocycles. The van der Waals surface area contributed by atoms with E-state index in [4.69, 9.17) is 15.3 Å². The standard InChI is InChI=1S/C2H5NO4.CH4.CH3.2HI.Ir.HNO3.V.Y/c1-6-2-7-3(4)5;;;;;;2-1(3)4;;/h2H2,1H3;1H4;1H3;2*1H;;(H,2,3,4);;/q;;-1;;;;;+2;/p-2. The zero-order valence-electron chi connectivity index (χ0n) is 8.61. The van der Waals surface area contributed by atoms with E-state index in [-0.39, 0.29) is 74.5 Å². The first-order valence-electron chi connectivity index (χ1n) is 2.44. The Bertz CT molecular complexity index is 159. The second-order valence-corrected chi connectivity index (χ2v) is 12.9. The van der Waals surface area contributed by atoms with Crippen LogP contribution in [0.2, 0.25) is 0 Å². The molecule has 0 saturated carbocycles. The van der Waals surface area contributed by atoms with Crippen molar-refractivity contribution in [2.75, 3.05) is 13.9 Å². The monoisotopic (exact) mass is 788 g/mol. The maximum absolute atomic E-state index is 9.26. The molecule has 1 N–H and O–H groups in total. The van der Waals surface area contributed by atoms with Crippen LogP contribution in [0.5, 0.6) is 0 Å². The molecule has 0 aliphatic rings. The Morgan fingerprint density at radius 3 is 1.61 bits per heavy atom. The van der Waals surface area contributed by atoms with Gasteiger partial charge in [0.15, 0.2) is 6.79 Å². The average molecular weight is 787 g/mol. The summed E-state index contributed by atoms with van der Waals surface area (Å²) >= 11 is 4.74. The number of nitrogens with zero attached hydrogens (tertiary/aromatic N) is 2. The van der Waals surface area contributed by atoms with Crippen LogP contribution in [-0.4, -0.2) is 29.3 Å². The first-order chi connectivity index (χ1) is 6.42. The van der Waals surface area contributed by atoms with Crippen molar-refractivity contribution >= 4 is 40.0 Å². The van der Waals surface area contributed by atoms with Crippen molar-refractivity contribution in [1.29, 1.82) is 0 Å². The zero-order chi connectivity index (χ0) is 12.0. The zero-order valence-corrected chi connectivity index (χ0v) is 19.6. The van der Waals surface area contributed by atoms with Gasteiger partial charge >= 0.3 is 49.4 Å². The minimum Gasteiger partial charge on any atom is 0 e. The molecule has 0 bridgehead atoms. The van der Waals surface area contributed by atoms with E-state index in [0.29, 0.717) is 9.47 Å². The van der Waals surface area contributed by atoms with Gasteiger partial charge in [0.2, 0.25) is 0 Å². The van der Waals surface area contributed by atoms with Crippen LogP contribution in [0.3, 0.4) is 0 Å². The largest absolute Gasteiger partial charge is 0 e. The first kappa shape index (κ1) is 42.7. The van der Waals surface area contributed by atoms with Crippen LogP contribution in [-0.2, 0) is 71.9 Å². The fraction of sp³-hybridized carbons (Fsp3) is 0.750. The topological polar surface area (TPSA) is 125 Å². The summed E-state index contributed by atoms with van der Waals surface area (Å²) in [5.41, 5.74) is 0. The summed E-state index contributed by atoms with van der Waals surface area (Å²) in [5.74, 6) is 0. The summed E-state index contributed by atoms with van der Waals surface area (Å²) in [6.07, 6.45) is 0. The number of ether oxygens (including phenoxy) is 1. The van der Waals surface area contributed by atoms with Crippen LogP contribution in [0, 0.1) is 27.7 Å². The predicted molar refractivity (Wildman–Crippen MR) is 69.9 cm³/mol. The van der Waals surface area contributed by atoms with Gasteiger partial charge in [0.25, 0.3) is 10.2 Å². The molecule has 0 atom stereocenters. The summed E-state index contributed by atoms with van der Waals surface area (Å²) in [4.78, 5) is 21.3. The van der Waals surface area contributed by atoms with Gasteiger partial charge in [-0.1, -0.05) is 7.43 Å². The van der Waals surface area contributed by atoms with Gasteiger partial charge in [-0.3, -0.25) is 4.84 Å². The average Bonchev–Trinajstić information content (AvgIpc) is 2.01. The van der Waals surface area contributed by atoms with Crippen molar-refractivity contribution in [3.05, 3.63) is 27.7 Å². The molecule has 0 amide bonds. The summed E-state index contributed by atoms with van der Waals surface area (Å²) in [5, 5.41) is 22.0. The molecule has 0 rings (SSSR count). The summed E-state index contributed by atoms with van der Waals surface area (Å²) in [7, 11) is 1.94. The van der Waals surface area contributed by atoms with Crippen molar-refractivity contribution in [1.82, 2.24) is 0 Å². The molecule has 0 aliphatic heterocycles. The van der Waals surface area contributed by atoms with Crippen LogP contribution in [0.1, 0.15) is 7.43 Å². The molecule has 0 saturated heterocycles. The molecule has 113 valence electrons. The summed E-state index contributed by atoms with van der Waals surface area (Å²) in [6.45, 7) is -0.299. The van der Waals surface area contributed by atoms with Crippen molar-refractivity contribution in [2.24, 2.45) is 0 Å². The van der Waals surface area contributed by atoms with Crippen molar-refractivity contribution < 1.29 is 87.2 Å². The molecule has 0 aromatic rings. The Morgan fingerprint density at radius 1 is 1.33 bits per heavy atom. The van der Waals surface area contributed by atoms with E-state index >= 15 is 0 Å². The van der Waals surface area contributed by atoms with E-state index < -0.39 is 10.2 Å².